The number of aliphatic hydroxyl groups is 1. The monoisotopic (exact) mass is 262 g/mol. The highest BCUT2D eigenvalue weighted by atomic mass is 16.3. The highest BCUT2D eigenvalue weighted by Crippen LogP contribution is 2.22. The maximum atomic E-state index is 12.5. The zero-order chi connectivity index (χ0) is 13.7. The molecule has 1 aliphatic rings. The van der Waals surface area contributed by atoms with E-state index in [2.05, 4.69) is 0 Å². The van der Waals surface area contributed by atoms with Gasteiger partial charge in [0.25, 0.3) is 5.91 Å². The highest BCUT2D eigenvalue weighted by molar-refractivity contribution is 5.94. The number of rotatable bonds is 4. The lowest BCUT2D eigenvalue weighted by Gasteiger charge is -2.35. The first-order valence-corrected chi connectivity index (χ1v) is 6.97. The molecule has 0 saturated carbocycles. The van der Waals surface area contributed by atoms with Crippen molar-refractivity contribution in [1.82, 2.24) is 4.90 Å². The summed E-state index contributed by atoms with van der Waals surface area (Å²) in [6, 6.07) is 7.67. The molecule has 19 heavy (non-hydrogen) atoms. The van der Waals surface area contributed by atoms with Crippen molar-refractivity contribution in [3.05, 3.63) is 35.4 Å². The van der Waals surface area contributed by atoms with Gasteiger partial charge in [0.2, 0.25) is 0 Å². The van der Waals surface area contributed by atoms with Gasteiger partial charge in [-0.05, 0) is 43.4 Å². The van der Waals surface area contributed by atoms with Crippen LogP contribution in [-0.2, 0) is 6.54 Å². The van der Waals surface area contributed by atoms with Crippen LogP contribution < -0.4 is 5.73 Å². The third kappa shape index (κ3) is 3.33. The maximum absolute atomic E-state index is 12.5. The molecule has 0 aliphatic carbocycles. The number of carbonyl (C=O) groups is 1. The lowest BCUT2D eigenvalue weighted by atomic mass is 9.98. The van der Waals surface area contributed by atoms with Crippen molar-refractivity contribution in [2.45, 2.75) is 38.3 Å². The maximum Gasteiger partial charge on any atom is 0.254 e. The molecule has 1 unspecified atom stereocenters. The summed E-state index contributed by atoms with van der Waals surface area (Å²) < 4.78 is 0. The van der Waals surface area contributed by atoms with E-state index in [0.29, 0.717) is 18.5 Å². The van der Waals surface area contributed by atoms with Crippen LogP contribution in [-0.4, -0.2) is 35.1 Å². The molecule has 0 radical (unpaired) electrons. The molecule has 104 valence electrons. The molecule has 4 heteroatoms. The number of piperidine rings is 1. The van der Waals surface area contributed by atoms with E-state index in [1.807, 2.05) is 29.2 Å². The van der Waals surface area contributed by atoms with Gasteiger partial charge in [-0.1, -0.05) is 12.1 Å². The van der Waals surface area contributed by atoms with Gasteiger partial charge < -0.3 is 15.7 Å². The molecule has 1 aliphatic heterocycles. The third-order valence-corrected chi connectivity index (χ3v) is 3.79. The van der Waals surface area contributed by atoms with Crippen molar-refractivity contribution >= 4 is 5.91 Å². The second-order valence-electron chi connectivity index (χ2n) is 5.06. The fourth-order valence-electron chi connectivity index (χ4n) is 2.67. The summed E-state index contributed by atoms with van der Waals surface area (Å²) in [7, 11) is 0. The molecule has 1 amide bonds. The van der Waals surface area contributed by atoms with Crippen molar-refractivity contribution in [2.24, 2.45) is 5.73 Å². The smallest absolute Gasteiger partial charge is 0.254 e. The zero-order valence-corrected chi connectivity index (χ0v) is 11.2. The van der Waals surface area contributed by atoms with E-state index in [4.69, 9.17) is 10.8 Å². The van der Waals surface area contributed by atoms with Crippen LogP contribution in [0.25, 0.3) is 0 Å². The van der Waals surface area contributed by atoms with Crippen molar-refractivity contribution in [1.29, 1.82) is 0 Å². The van der Waals surface area contributed by atoms with Gasteiger partial charge in [0, 0.05) is 31.3 Å². The zero-order valence-electron chi connectivity index (χ0n) is 11.2. The summed E-state index contributed by atoms with van der Waals surface area (Å²) in [5.41, 5.74) is 7.30. The van der Waals surface area contributed by atoms with Crippen molar-refractivity contribution in [3.8, 4) is 0 Å². The summed E-state index contributed by atoms with van der Waals surface area (Å²) in [6.07, 6.45) is 3.86. The SMILES string of the molecule is NCc1ccc(C(=O)N2CCCCC2CCO)cc1. The number of carbonyl (C=O) groups excluding carboxylic acids is 1. The molecule has 0 aromatic heterocycles. The molecule has 1 atom stereocenters. The van der Waals surface area contributed by atoms with Gasteiger partial charge in [0.15, 0.2) is 0 Å². The van der Waals surface area contributed by atoms with Crippen LogP contribution in [0.3, 0.4) is 0 Å². The quantitative estimate of drug-likeness (QED) is 0.864. The third-order valence-electron chi connectivity index (χ3n) is 3.79. The Kier molecular flexibility index (Phi) is 4.93. The Hall–Kier alpha value is -1.39. The number of hydrogen-bond acceptors (Lipinski definition) is 3. The molecule has 0 bridgehead atoms. The van der Waals surface area contributed by atoms with Crippen LogP contribution in [0.15, 0.2) is 24.3 Å². The molecule has 1 saturated heterocycles. The molecule has 3 N–H and O–H groups in total. The minimum atomic E-state index is 0.0710. The van der Waals surface area contributed by atoms with Crippen LogP contribution in [0, 0.1) is 0 Å². The number of likely N-dealkylation sites (tertiary alicyclic amines) is 1. The van der Waals surface area contributed by atoms with Crippen molar-refractivity contribution in [3.63, 3.8) is 0 Å². The molecule has 0 spiro atoms. The van der Waals surface area contributed by atoms with E-state index in [0.717, 1.165) is 31.4 Å². The summed E-state index contributed by atoms with van der Waals surface area (Å²) in [5, 5.41) is 9.11. The van der Waals surface area contributed by atoms with E-state index in [9.17, 15) is 4.79 Å². The van der Waals surface area contributed by atoms with E-state index in [1.54, 1.807) is 0 Å². The Morgan fingerprint density at radius 3 is 2.68 bits per heavy atom. The molecule has 4 nitrogen and oxygen atoms in total. The average molecular weight is 262 g/mol. The minimum absolute atomic E-state index is 0.0710. The molecular weight excluding hydrogens is 240 g/mol. The van der Waals surface area contributed by atoms with Gasteiger partial charge in [0.1, 0.15) is 0 Å². The van der Waals surface area contributed by atoms with Gasteiger partial charge in [-0.25, -0.2) is 0 Å². The number of amides is 1. The summed E-state index contributed by atoms with van der Waals surface area (Å²) in [6.45, 7) is 1.42. The predicted molar refractivity (Wildman–Crippen MR) is 74.7 cm³/mol. The van der Waals surface area contributed by atoms with E-state index >= 15 is 0 Å². The van der Waals surface area contributed by atoms with Gasteiger partial charge >= 0.3 is 0 Å². The second-order valence-corrected chi connectivity index (χ2v) is 5.06. The van der Waals surface area contributed by atoms with E-state index in [1.165, 1.54) is 0 Å². The largest absolute Gasteiger partial charge is 0.396 e. The Balaban J connectivity index is 2.11. The molecule has 2 rings (SSSR count). The fraction of sp³-hybridized carbons (Fsp3) is 0.533. The number of nitrogens with zero attached hydrogens (tertiary/aromatic N) is 1. The van der Waals surface area contributed by atoms with Gasteiger partial charge in [-0.2, -0.15) is 0 Å². The van der Waals surface area contributed by atoms with Crippen LogP contribution in [0.1, 0.15) is 41.6 Å². The van der Waals surface area contributed by atoms with Crippen LogP contribution in [0.2, 0.25) is 0 Å². The molecule has 1 aromatic rings. The average Bonchev–Trinajstić information content (AvgIpc) is 2.47. The Morgan fingerprint density at radius 2 is 2.05 bits per heavy atom. The lowest BCUT2D eigenvalue weighted by Crippen LogP contribution is -2.44. The topological polar surface area (TPSA) is 66.6 Å². The molecule has 1 aromatic carbocycles. The first-order chi connectivity index (χ1) is 9.26. The van der Waals surface area contributed by atoms with Crippen LogP contribution in [0.5, 0.6) is 0 Å². The summed E-state index contributed by atoms with van der Waals surface area (Å²) >= 11 is 0. The van der Waals surface area contributed by atoms with Gasteiger partial charge in [0.05, 0.1) is 0 Å². The van der Waals surface area contributed by atoms with E-state index in [-0.39, 0.29) is 18.6 Å². The van der Waals surface area contributed by atoms with Crippen molar-refractivity contribution < 1.29 is 9.90 Å². The number of aliphatic hydroxyl groups excluding tert-OH is 1. The first-order valence-electron chi connectivity index (χ1n) is 6.97. The standard InChI is InChI=1S/C15H22N2O2/c16-11-12-4-6-13(7-5-12)15(19)17-9-2-1-3-14(17)8-10-18/h4-7,14,18H,1-3,8-11,16H2. The molecular formula is C15H22N2O2. The van der Waals surface area contributed by atoms with Gasteiger partial charge in [-0.15, -0.1) is 0 Å². The van der Waals surface area contributed by atoms with Crippen molar-refractivity contribution in [2.75, 3.05) is 13.2 Å². The van der Waals surface area contributed by atoms with Crippen LogP contribution >= 0.6 is 0 Å². The second kappa shape index (κ2) is 6.68. The normalized spacial score (nSPS) is 19.5. The van der Waals surface area contributed by atoms with Gasteiger partial charge in [-0.3, -0.25) is 4.79 Å². The Morgan fingerprint density at radius 1 is 1.32 bits per heavy atom. The van der Waals surface area contributed by atoms with E-state index < -0.39 is 0 Å². The first kappa shape index (κ1) is 14.0. The van der Waals surface area contributed by atoms with Crippen LogP contribution in [0.4, 0.5) is 0 Å². The Labute approximate surface area is 114 Å². The number of benzene rings is 1. The predicted octanol–water partition coefficient (Wildman–Crippen LogP) is 1.52. The minimum Gasteiger partial charge on any atom is -0.396 e. The number of hydrogen-bond donors (Lipinski definition) is 2. The lowest BCUT2D eigenvalue weighted by molar-refractivity contribution is 0.0574. The highest BCUT2D eigenvalue weighted by Gasteiger charge is 2.26. The summed E-state index contributed by atoms with van der Waals surface area (Å²) in [5.74, 6) is 0.0710. The fourth-order valence-corrected chi connectivity index (χ4v) is 2.67. The molecule has 1 fully saturated rings. The Bertz CT molecular complexity index is 415. The summed E-state index contributed by atoms with van der Waals surface area (Å²) in [4.78, 5) is 14.4. The molecule has 1 heterocycles. The number of nitrogens with two attached hydrogens (primary N) is 1.